The van der Waals surface area contributed by atoms with E-state index in [0.717, 1.165) is 48.2 Å². The highest BCUT2D eigenvalue weighted by molar-refractivity contribution is 7.37. The second kappa shape index (κ2) is 29.7. The molecule has 0 radical (unpaired) electrons. The standard InChI is InChI=1S/C41H40OS4.C16H8O2S4.C14H6S4.C4H8O.CH3F/c1-3-4-5-6-7-8-9-10-23-42-31-19-15-30(16-20-31)18-22-33-25-39-41(44-33)35-27-36-34(26-37(35)46-39)40-38(45-36)24-32(43-40)21-17-29-13-11-28(2)12-14-29;1-18-14-5-13-16(22-14)9-4-10-8(3-11(9)21-13)15-12(20-10)2-7(6-17)19-15;1-3-15-13-7-5-12-8(6-11(7)17-9(1)13)14-10(18-12)2-4-16-14;1-2-4-5-3-1;1-2/h11-22,24-27H,3-10,23H2,1-2H3;2-6H,1H3;1-6H;1-4H2;1H3/b21-17+,22-18+;;;;/i;;;;1D. The van der Waals surface area contributed by atoms with E-state index in [9.17, 15) is 9.18 Å². The lowest BCUT2D eigenvalue weighted by atomic mass is 10.1. The molecule has 0 spiro atoms. The SMILES string of the molecule is C1CCOC1.CCCCCCCCCCOc1ccc(/C=C/c2cc3sc4cc5c(cc4c3s2)sc2cc(/C=C/c3ccc(C)cc3)sc25)cc1.COc1cc2sc3cc4c(cc3c2s1)sc1cc(C=O)sc14.[2H]CF.c1cc2sc3cc4c(cc3c2s1)sc1ccsc14. The zero-order valence-electron chi connectivity index (χ0n) is 52.4. The molecular formula is C76H65FO4S12. The lowest BCUT2D eigenvalue weighted by Gasteiger charge is -2.06. The third-order valence-corrected chi connectivity index (χ3v) is 30.2. The zero-order valence-corrected chi connectivity index (χ0v) is 61.2. The first-order valence-corrected chi connectivity index (χ1v) is 41.0. The third-order valence-electron chi connectivity index (χ3n) is 16.4. The van der Waals surface area contributed by atoms with Crippen molar-refractivity contribution >= 4 is 284 Å². The van der Waals surface area contributed by atoms with E-state index in [-0.39, 0.29) is 0 Å². The van der Waals surface area contributed by atoms with Crippen LogP contribution in [0.4, 0.5) is 4.39 Å². The number of hydrogen-bond acceptors (Lipinski definition) is 16. The molecule has 0 saturated carbocycles. The maximum atomic E-state index is 11.0. The number of halogens is 1. The van der Waals surface area contributed by atoms with Gasteiger partial charge in [-0.15, -0.1) is 125 Å². The number of carbonyl (C=O) groups excluding carboxylic acids is 1. The Morgan fingerprint density at radius 1 is 0.452 bits per heavy atom. The molecule has 0 atom stereocenters. The summed E-state index contributed by atoms with van der Waals surface area (Å²) in [6.45, 7) is 7.22. The Hall–Kier alpha value is -5.74. The topological polar surface area (TPSA) is 44.8 Å². The van der Waals surface area contributed by atoms with Gasteiger partial charge in [0, 0.05) is 113 Å². The first-order chi connectivity index (χ1) is 46.2. The summed E-state index contributed by atoms with van der Waals surface area (Å²) >= 11 is 22.1. The predicted octanol–water partition coefficient (Wildman–Crippen LogP) is 29.0. The summed E-state index contributed by atoms with van der Waals surface area (Å²) in [5, 5.41) is 13.6. The molecule has 1 aliphatic rings. The summed E-state index contributed by atoms with van der Waals surface area (Å²) in [5.41, 5.74) is 3.74. The number of aldehydes is 1. The van der Waals surface area contributed by atoms with Crippen molar-refractivity contribution in [2.75, 3.05) is 34.1 Å². The molecule has 12 aromatic heterocycles. The fraction of sp³-hybridized carbons (Fsp3) is 0.224. The molecule has 1 aliphatic heterocycles. The van der Waals surface area contributed by atoms with Gasteiger partial charge in [-0.1, -0.05) is 117 Å². The fourth-order valence-corrected chi connectivity index (χ4v) is 25.8. The molecule has 17 aromatic rings. The first kappa shape index (κ1) is 63.3. The average Bonchev–Trinajstić information content (AvgIpc) is 1.61. The number of methoxy groups -OCH3 is 1. The van der Waals surface area contributed by atoms with E-state index < -0.39 is 7.15 Å². The molecule has 1 saturated heterocycles. The largest absolute Gasteiger partial charge is 0.494 e. The molecule has 18 rings (SSSR count). The molecular weight excluding hydrogens is 1380 g/mol. The zero-order chi connectivity index (χ0) is 64.1. The van der Waals surface area contributed by atoms with E-state index in [1.165, 1.54) is 201 Å². The Balaban J connectivity index is 0.000000129. The quantitative estimate of drug-likeness (QED) is 0.0714. The monoisotopic (exact) mass is 1450 g/mol. The smallest absolute Gasteiger partial charge is 0.175 e. The van der Waals surface area contributed by atoms with Gasteiger partial charge in [0.2, 0.25) is 0 Å². The summed E-state index contributed by atoms with van der Waals surface area (Å²) in [6.07, 6.45) is 23.0. The maximum Gasteiger partial charge on any atom is 0.175 e. The summed E-state index contributed by atoms with van der Waals surface area (Å²) in [6, 6.07) is 44.7. The van der Waals surface area contributed by atoms with Crippen molar-refractivity contribution in [3.05, 3.63) is 163 Å². The van der Waals surface area contributed by atoms with Gasteiger partial charge in [0.05, 0.1) is 60.0 Å². The molecule has 0 amide bonds. The molecule has 0 unspecified atom stereocenters. The molecule has 13 heterocycles. The van der Waals surface area contributed by atoms with Crippen molar-refractivity contribution in [1.82, 2.24) is 0 Å². The van der Waals surface area contributed by atoms with Crippen molar-refractivity contribution < 1.29 is 24.8 Å². The number of hydrogen-bond donors (Lipinski definition) is 0. The van der Waals surface area contributed by atoms with Gasteiger partial charge >= 0.3 is 0 Å². The number of alkyl halides is 1. The molecule has 5 aromatic carbocycles. The van der Waals surface area contributed by atoms with Crippen molar-refractivity contribution in [2.45, 2.75) is 78.1 Å². The van der Waals surface area contributed by atoms with E-state index in [0.29, 0.717) is 0 Å². The van der Waals surface area contributed by atoms with Crippen LogP contribution in [0.15, 0.2) is 132 Å². The summed E-state index contributed by atoms with van der Waals surface area (Å²) < 4.78 is 56.4. The van der Waals surface area contributed by atoms with Crippen molar-refractivity contribution in [3.8, 4) is 10.8 Å². The van der Waals surface area contributed by atoms with Gasteiger partial charge in [-0.2, -0.15) is 0 Å². The van der Waals surface area contributed by atoms with E-state index in [1.54, 1.807) is 41.1 Å². The highest BCUT2D eigenvalue weighted by Gasteiger charge is 2.18. The Bertz CT molecular complexity index is 5390. The summed E-state index contributed by atoms with van der Waals surface area (Å²) in [4.78, 5) is 14.4. The highest BCUT2D eigenvalue weighted by atomic mass is 32.1. The fourth-order valence-electron chi connectivity index (χ4n) is 11.7. The molecule has 1 fully saturated rings. The molecule has 0 aliphatic carbocycles. The number of fused-ring (bicyclic) bond motifs is 18. The van der Waals surface area contributed by atoms with Gasteiger partial charge in [-0.25, -0.2) is 0 Å². The van der Waals surface area contributed by atoms with Crippen LogP contribution in [-0.4, -0.2) is 40.4 Å². The van der Waals surface area contributed by atoms with Gasteiger partial charge < -0.3 is 14.2 Å². The van der Waals surface area contributed by atoms with Gasteiger partial charge in [0.15, 0.2) is 11.3 Å². The average molecular weight is 1450 g/mol. The van der Waals surface area contributed by atoms with Crippen LogP contribution in [0.25, 0.3) is 141 Å². The lowest BCUT2D eigenvalue weighted by molar-refractivity contribution is 0.112. The van der Waals surface area contributed by atoms with Gasteiger partial charge in [0.25, 0.3) is 0 Å². The predicted molar refractivity (Wildman–Crippen MR) is 427 cm³/mol. The van der Waals surface area contributed by atoms with Crippen LogP contribution in [0.1, 0.15) is 109 Å². The molecule has 93 heavy (non-hydrogen) atoms. The van der Waals surface area contributed by atoms with Crippen molar-refractivity contribution in [3.63, 3.8) is 0 Å². The first-order valence-electron chi connectivity index (χ1n) is 31.8. The van der Waals surface area contributed by atoms with Gasteiger partial charge in [-0.05, 0) is 139 Å². The Morgan fingerprint density at radius 2 is 0.849 bits per heavy atom. The lowest BCUT2D eigenvalue weighted by Crippen LogP contribution is -1.97. The number of aryl methyl sites for hydroxylation is 1. The normalized spacial score (nSPS) is 12.8. The third kappa shape index (κ3) is 14.1. The second-order valence-electron chi connectivity index (χ2n) is 22.8. The minimum Gasteiger partial charge on any atom is -0.494 e. The van der Waals surface area contributed by atoms with Crippen LogP contribution in [0, 0.1) is 6.92 Å². The maximum absolute atomic E-state index is 11.0. The Labute approximate surface area is 588 Å². The highest BCUT2D eigenvalue weighted by Crippen LogP contribution is 2.50. The second-order valence-corrected chi connectivity index (χ2v) is 35.4. The van der Waals surface area contributed by atoms with E-state index in [1.807, 2.05) is 108 Å². The molecule has 4 nitrogen and oxygen atoms in total. The number of carbonyl (C=O) groups is 1. The van der Waals surface area contributed by atoms with Crippen molar-refractivity contribution in [1.29, 1.82) is 0 Å². The van der Waals surface area contributed by atoms with Crippen LogP contribution in [0.5, 0.6) is 10.8 Å². The van der Waals surface area contributed by atoms with E-state index >= 15 is 0 Å². The van der Waals surface area contributed by atoms with Gasteiger partial charge in [-0.3, -0.25) is 9.18 Å². The van der Waals surface area contributed by atoms with E-state index in [2.05, 4.69) is 164 Å². The Kier molecular flexibility index (Phi) is 20.2. The van der Waals surface area contributed by atoms with Crippen LogP contribution >= 0.6 is 136 Å². The van der Waals surface area contributed by atoms with Crippen molar-refractivity contribution in [2.24, 2.45) is 0 Å². The van der Waals surface area contributed by atoms with Crippen LogP contribution in [0.3, 0.4) is 0 Å². The number of unbranched alkanes of at least 4 members (excludes halogenated alkanes) is 7. The summed E-state index contributed by atoms with van der Waals surface area (Å²) in [7, 11) is 0.716. The van der Waals surface area contributed by atoms with Gasteiger partial charge in [0.1, 0.15) is 5.75 Å². The molecule has 472 valence electrons. The Morgan fingerprint density at radius 3 is 1.29 bits per heavy atom. The van der Waals surface area contributed by atoms with Crippen LogP contribution in [0.2, 0.25) is 0 Å². The summed E-state index contributed by atoms with van der Waals surface area (Å²) in [5.74, 6) is 0.970. The van der Waals surface area contributed by atoms with Crippen LogP contribution < -0.4 is 9.47 Å². The minimum atomic E-state index is -1.00. The van der Waals surface area contributed by atoms with E-state index in [4.69, 9.17) is 15.6 Å². The molecule has 17 heteroatoms. The molecule has 0 bridgehead atoms. The number of rotatable bonds is 16. The number of thiophene rings is 12. The number of ether oxygens (including phenoxy) is 3. The molecule has 0 N–H and O–H groups in total. The number of benzene rings is 5. The minimum absolute atomic E-state index is 0.806. The van der Waals surface area contributed by atoms with Crippen LogP contribution in [-0.2, 0) is 4.74 Å².